The van der Waals surface area contributed by atoms with Gasteiger partial charge in [-0.2, -0.15) is 0 Å². The molecule has 0 aliphatic carbocycles. The second-order valence-corrected chi connectivity index (χ2v) is 4.77. The lowest BCUT2D eigenvalue weighted by Crippen LogP contribution is -3.00. The number of carbonyl (C=O) groups excluding carboxylic acids is 1. The summed E-state index contributed by atoms with van der Waals surface area (Å²) < 4.78 is 4.89. The van der Waals surface area contributed by atoms with Crippen LogP contribution in [0, 0.1) is 0 Å². The monoisotopic (exact) mass is 306 g/mol. The van der Waals surface area contributed by atoms with Crippen molar-refractivity contribution in [1.82, 2.24) is 10.3 Å². The molecule has 0 atom stereocenters. The van der Waals surface area contributed by atoms with E-state index in [0.717, 1.165) is 42.9 Å². The van der Waals surface area contributed by atoms with Crippen LogP contribution in [0.1, 0.15) is 10.4 Å². The first-order chi connectivity index (χ1) is 9.79. The molecule has 5 nitrogen and oxygen atoms in total. The van der Waals surface area contributed by atoms with E-state index in [9.17, 15) is 4.79 Å². The largest absolute Gasteiger partial charge is 1.00 e. The van der Waals surface area contributed by atoms with Crippen molar-refractivity contribution in [3.63, 3.8) is 0 Å². The number of halogens is 1. The van der Waals surface area contributed by atoms with Gasteiger partial charge in [0.1, 0.15) is 5.82 Å². The number of hydrogen-bond donors (Lipinski definition) is 1. The number of nitrogens with zero attached hydrogens (tertiary/aromatic N) is 2. The molecule has 0 radical (unpaired) electrons. The summed E-state index contributed by atoms with van der Waals surface area (Å²) in [5, 5.41) is 4.14. The highest BCUT2D eigenvalue weighted by molar-refractivity contribution is 6.04. The molecule has 0 unspecified atom stereocenters. The molecule has 6 heteroatoms. The van der Waals surface area contributed by atoms with Crippen LogP contribution >= 0.6 is 0 Å². The van der Waals surface area contributed by atoms with E-state index >= 15 is 0 Å². The van der Waals surface area contributed by atoms with Crippen LogP contribution in [0.5, 0.6) is 0 Å². The van der Waals surface area contributed by atoms with Gasteiger partial charge in [-0.1, -0.05) is 18.2 Å². The SMILES string of the molecule is COC(=O)c1cc(N2CCNCC2)nc2ccccc12.[Cl-]. The van der Waals surface area contributed by atoms with E-state index in [4.69, 9.17) is 4.74 Å². The van der Waals surface area contributed by atoms with Crippen molar-refractivity contribution in [3.8, 4) is 0 Å². The molecule has 1 aromatic carbocycles. The predicted octanol–water partition coefficient (Wildman–Crippen LogP) is -1.56. The summed E-state index contributed by atoms with van der Waals surface area (Å²) in [5.41, 5.74) is 1.40. The minimum Gasteiger partial charge on any atom is -1.00 e. The van der Waals surface area contributed by atoms with E-state index < -0.39 is 0 Å². The zero-order chi connectivity index (χ0) is 13.9. The molecular formula is C15H17ClN3O2-. The lowest BCUT2D eigenvalue weighted by molar-refractivity contribution is -0.0000187. The smallest absolute Gasteiger partial charge is 0.338 e. The van der Waals surface area contributed by atoms with Gasteiger partial charge in [-0.25, -0.2) is 9.78 Å². The number of piperazine rings is 1. The van der Waals surface area contributed by atoms with E-state index in [1.54, 1.807) is 0 Å². The Morgan fingerprint density at radius 1 is 1.29 bits per heavy atom. The average molecular weight is 307 g/mol. The summed E-state index contributed by atoms with van der Waals surface area (Å²) in [6.07, 6.45) is 0. The number of fused-ring (bicyclic) bond motifs is 1. The molecule has 0 bridgehead atoms. The van der Waals surface area contributed by atoms with E-state index in [-0.39, 0.29) is 18.4 Å². The number of aromatic nitrogens is 1. The molecule has 0 saturated carbocycles. The summed E-state index contributed by atoms with van der Waals surface area (Å²) in [5.74, 6) is 0.519. The Balaban J connectivity index is 0.00000161. The summed E-state index contributed by atoms with van der Waals surface area (Å²) in [7, 11) is 1.40. The van der Waals surface area contributed by atoms with Crippen LogP contribution in [-0.2, 0) is 4.74 Å². The zero-order valence-electron chi connectivity index (χ0n) is 11.8. The Kier molecular flexibility index (Phi) is 4.98. The van der Waals surface area contributed by atoms with Crippen molar-refractivity contribution < 1.29 is 21.9 Å². The Labute approximate surface area is 129 Å². The quantitative estimate of drug-likeness (QED) is 0.680. The van der Waals surface area contributed by atoms with E-state index in [1.807, 2.05) is 30.3 Å². The number of hydrogen-bond acceptors (Lipinski definition) is 5. The molecule has 3 rings (SSSR count). The lowest BCUT2D eigenvalue weighted by Gasteiger charge is -2.28. The maximum absolute atomic E-state index is 12.0. The van der Waals surface area contributed by atoms with Crippen molar-refractivity contribution in [2.75, 3.05) is 38.2 Å². The topological polar surface area (TPSA) is 54.5 Å². The number of esters is 1. The summed E-state index contributed by atoms with van der Waals surface area (Å²) in [6.45, 7) is 3.65. The van der Waals surface area contributed by atoms with Crippen molar-refractivity contribution in [2.45, 2.75) is 0 Å². The summed E-state index contributed by atoms with van der Waals surface area (Å²) in [6, 6.07) is 9.49. The molecule has 1 N–H and O–H groups in total. The van der Waals surface area contributed by atoms with Crippen LogP contribution in [0.15, 0.2) is 30.3 Å². The highest BCUT2D eigenvalue weighted by Crippen LogP contribution is 2.23. The minimum atomic E-state index is -0.319. The molecule has 2 aromatic rings. The van der Waals surface area contributed by atoms with Gasteiger partial charge in [0.05, 0.1) is 18.2 Å². The molecule has 1 aromatic heterocycles. The van der Waals surface area contributed by atoms with Gasteiger partial charge in [-0.15, -0.1) is 0 Å². The maximum Gasteiger partial charge on any atom is 0.338 e. The molecule has 112 valence electrons. The summed E-state index contributed by atoms with van der Waals surface area (Å²) in [4.78, 5) is 18.8. The number of carbonyl (C=O) groups is 1. The fraction of sp³-hybridized carbons (Fsp3) is 0.333. The molecule has 1 aliphatic rings. The van der Waals surface area contributed by atoms with E-state index in [1.165, 1.54) is 7.11 Å². The summed E-state index contributed by atoms with van der Waals surface area (Å²) >= 11 is 0. The Hall–Kier alpha value is -1.85. The number of benzene rings is 1. The van der Waals surface area contributed by atoms with Crippen LogP contribution in [0.25, 0.3) is 10.9 Å². The highest BCUT2D eigenvalue weighted by atomic mass is 35.5. The third-order valence-electron chi connectivity index (χ3n) is 3.55. The first-order valence-corrected chi connectivity index (χ1v) is 6.73. The van der Waals surface area contributed by atoms with Crippen molar-refractivity contribution in [3.05, 3.63) is 35.9 Å². The van der Waals surface area contributed by atoms with Crippen LogP contribution < -0.4 is 22.6 Å². The molecule has 0 amide bonds. The molecule has 1 saturated heterocycles. The first-order valence-electron chi connectivity index (χ1n) is 6.73. The van der Waals surface area contributed by atoms with Gasteiger partial charge in [0.25, 0.3) is 0 Å². The second kappa shape index (κ2) is 6.74. The second-order valence-electron chi connectivity index (χ2n) is 4.77. The fourth-order valence-electron chi connectivity index (χ4n) is 2.50. The van der Waals surface area contributed by atoms with Crippen molar-refractivity contribution >= 4 is 22.7 Å². The van der Waals surface area contributed by atoms with Crippen LogP contribution in [0.4, 0.5) is 5.82 Å². The van der Waals surface area contributed by atoms with E-state index in [2.05, 4.69) is 15.2 Å². The number of anilines is 1. The lowest BCUT2D eigenvalue weighted by atomic mass is 10.1. The Morgan fingerprint density at radius 2 is 2.00 bits per heavy atom. The number of methoxy groups -OCH3 is 1. The molecule has 1 aliphatic heterocycles. The highest BCUT2D eigenvalue weighted by Gasteiger charge is 2.17. The standard InChI is InChI=1S/C15H17N3O2.ClH/c1-20-15(19)12-10-14(18-8-6-16-7-9-18)17-13-5-3-2-4-11(12)13;/h2-5,10,16H,6-9H2,1H3;1H/p-1. The number of rotatable bonds is 2. The number of ether oxygens (including phenoxy) is 1. The van der Waals surface area contributed by atoms with Crippen LogP contribution in [0.2, 0.25) is 0 Å². The van der Waals surface area contributed by atoms with Crippen molar-refractivity contribution in [1.29, 1.82) is 0 Å². The Bertz CT molecular complexity index is 642. The van der Waals surface area contributed by atoms with Gasteiger partial charge in [0.15, 0.2) is 0 Å². The van der Waals surface area contributed by atoms with Crippen LogP contribution in [-0.4, -0.2) is 44.2 Å². The van der Waals surface area contributed by atoms with Gasteiger partial charge in [0, 0.05) is 31.6 Å². The minimum absolute atomic E-state index is 0. The third kappa shape index (κ3) is 3.09. The van der Waals surface area contributed by atoms with Gasteiger partial charge in [-0.05, 0) is 12.1 Å². The first kappa shape index (κ1) is 15.5. The van der Waals surface area contributed by atoms with Gasteiger partial charge in [0.2, 0.25) is 0 Å². The normalized spacial score (nSPS) is 14.6. The van der Waals surface area contributed by atoms with Crippen molar-refractivity contribution in [2.24, 2.45) is 0 Å². The van der Waals surface area contributed by atoms with Gasteiger partial charge in [-0.3, -0.25) is 0 Å². The third-order valence-corrected chi connectivity index (χ3v) is 3.55. The van der Waals surface area contributed by atoms with E-state index in [0.29, 0.717) is 5.56 Å². The van der Waals surface area contributed by atoms with Gasteiger partial charge >= 0.3 is 5.97 Å². The molecule has 1 fully saturated rings. The number of pyridine rings is 1. The molecule has 21 heavy (non-hydrogen) atoms. The average Bonchev–Trinajstić information content (AvgIpc) is 2.54. The van der Waals surface area contributed by atoms with Gasteiger partial charge < -0.3 is 27.4 Å². The Morgan fingerprint density at radius 3 is 2.71 bits per heavy atom. The number of para-hydroxylation sites is 1. The number of nitrogens with one attached hydrogen (secondary N) is 1. The zero-order valence-corrected chi connectivity index (χ0v) is 12.6. The van der Waals surface area contributed by atoms with Crippen LogP contribution in [0.3, 0.4) is 0 Å². The molecule has 2 heterocycles. The maximum atomic E-state index is 12.0. The predicted molar refractivity (Wildman–Crippen MR) is 78.2 cm³/mol. The fourth-order valence-corrected chi connectivity index (χ4v) is 2.50. The molecule has 0 spiro atoms. The molecular weight excluding hydrogens is 290 g/mol.